The maximum atomic E-state index is 6.78. The van der Waals surface area contributed by atoms with Gasteiger partial charge in [-0.05, 0) is 44.4 Å². The first kappa shape index (κ1) is 14.4. The molecular formula is C15H24I2O. The molecule has 1 aliphatic heterocycles. The van der Waals surface area contributed by atoms with Crippen molar-refractivity contribution < 1.29 is 4.74 Å². The van der Waals surface area contributed by atoms with Gasteiger partial charge in [0.25, 0.3) is 0 Å². The molecule has 0 aromatic heterocycles. The normalized spacial score (nSPS) is 55.3. The summed E-state index contributed by atoms with van der Waals surface area (Å²) in [6, 6.07) is 0. The van der Waals surface area contributed by atoms with Crippen LogP contribution in [0.25, 0.3) is 0 Å². The maximum Gasteiger partial charge on any atom is 0.0835 e. The first-order valence-corrected chi connectivity index (χ1v) is 10.4. The fraction of sp³-hybridized carbons (Fsp3) is 1.00. The second-order valence-electron chi connectivity index (χ2n) is 7.09. The van der Waals surface area contributed by atoms with Crippen molar-refractivity contribution in [2.45, 2.75) is 64.1 Å². The van der Waals surface area contributed by atoms with Crippen LogP contribution in [0.5, 0.6) is 0 Å². The molecule has 3 heteroatoms. The third-order valence-electron chi connectivity index (χ3n) is 6.50. The van der Waals surface area contributed by atoms with Gasteiger partial charge in [-0.1, -0.05) is 59.0 Å². The van der Waals surface area contributed by atoms with Gasteiger partial charge in [-0.15, -0.1) is 0 Å². The highest BCUT2D eigenvalue weighted by molar-refractivity contribution is 14.1. The van der Waals surface area contributed by atoms with Crippen molar-refractivity contribution in [2.75, 3.05) is 8.86 Å². The van der Waals surface area contributed by atoms with Gasteiger partial charge in [0.05, 0.1) is 11.7 Å². The summed E-state index contributed by atoms with van der Waals surface area (Å²) in [6.45, 7) is 4.97. The smallest absolute Gasteiger partial charge is 0.0835 e. The van der Waals surface area contributed by atoms with Gasteiger partial charge in [0.1, 0.15) is 0 Å². The van der Waals surface area contributed by atoms with Gasteiger partial charge in [0.2, 0.25) is 0 Å². The van der Waals surface area contributed by atoms with Crippen LogP contribution >= 0.6 is 45.2 Å². The first-order valence-electron chi connectivity index (χ1n) is 7.33. The van der Waals surface area contributed by atoms with Gasteiger partial charge >= 0.3 is 0 Å². The summed E-state index contributed by atoms with van der Waals surface area (Å²) in [5.41, 5.74) is 1.11. The summed E-state index contributed by atoms with van der Waals surface area (Å²) >= 11 is 5.23. The van der Waals surface area contributed by atoms with E-state index in [1.807, 2.05) is 0 Å². The molecule has 18 heavy (non-hydrogen) atoms. The highest BCUT2D eigenvalue weighted by Crippen LogP contribution is 2.70. The van der Waals surface area contributed by atoms with Crippen LogP contribution in [0.2, 0.25) is 0 Å². The fourth-order valence-electron chi connectivity index (χ4n) is 5.11. The number of hydrogen-bond donors (Lipinski definition) is 0. The molecule has 1 saturated heterocycles. The lowest BCUT2D eigenvalue weighted by Gasteiger charge is -2.49. The number of fused-ring (bicyclic) bond motifs is 3. The minimum Gasteiger partial charge on any atom is -0.370 e. The second-order valence-corrected chi connectivity index (χ2v) is 8.61. The molecule has 1 heterocycles. The molecule has 2 aliphatic carbocycles. The van der Waals surface area contributed by atoms with E-state index in [4.69, 9.17) is 4.74 Å². The van der Waals surface area contributed by atoms with Crippen LogP contribution < -0.4 is 0 Å². The maximum absolute atomic E-state index is 6.78. The van der Waals surface area contributed by atoms with Crippen LogP contribution in [0.4, 0.5) is 0 Å². The van der Waals surface area contributed by atoms with E-state index in [0.29, 0.717) is 16.9 Å². The van der Waals surface area contributed by atoms with E-state index in [1.165, 1.54) is 47.4 Å². The molecule has 0 bridgehead atoms. The zero-order chi connectivity index (χ0) is 13.0. The summed E-state index contributed by atoms with van der Waals surface area (Å²) in [7, 11) is 0. The van der Waals surface area contributed by atoms with Gasteiger partial charge in [-0.2, -0.15) is 0 Å². The van der Waals surface area contributed by atoms with Crippen LogP contribution in [-0.4, -0.2) is 20.6 Å². The Morgan fingerprint density at radius 1 is 1.17 bits per heavy atom. The van der Waals surface area contributed by atoms with E-state index in [-0.39, 0.29) is 5.60 Å². The molecule has 0 amide bonds. The van der Waals surface area contributed by atoms with E-state index in [1.54, 1.807) is 0 Å². The van der Waals surface area contributed by atoms with E-state index in [2.05, 4.69) is 59.0 Å². The molecule has 0 spiro atoms. The van der Waals surface area contributed by atoms with Gasteiger partial charge in [0.15, 0.2) is 0 Å². The third kappa shape index (κ3) is 1.59. The highest BCUT2D eigenvalue weighted by atomic mass is 127. The van der Waals surface area contributed by atoms with Gasteiger partial charge in [0, 0.05) is 19.7 Å². The van der Waals surface area contributed by atoms with Crippen LogP contribution in [0.15, 0.2) is 0 Å². The minimum atomic E-state index is 0.202. The topological polar surface area (TPSA) is 9.23 Å². The Morgan fingerprint density at radius 3 is 2.61 bits per heavy atom. The Hall–Kier alpha value is 1.42. The van der Waals surface area contributed by atoms with Crippen LogP contribution in [0.1, 0.15) is 52.4 Å². The summed E-state index contributed by atoms with van der Waals surface area (Å²) < 4.78 is 9.26. The van der Waals surface area contributed by atoms with E-state index >= 15 is 0 Å². The Morgan fingerprint density at radius 2 is 1.94 bits per heavy atom. The van der Waals surface area contributed by atoms with Crippen molar-refractivity contribution >= 4 is 45.2 Å². The molecule has 3 fully saturated rings. The number of halogens is 2. The van der Waals surface area contributed by atoms with Crippen molar-refractivity contribution in [3.8, 4) is 0 Å². The molecule has 104 valence electrons. The fourth-order valence-corrected chi connectivity index (χ4v) is 8.22. The molecule has 3 aliphatic rings. The monoisotopic (exact) mass is 474 g/mol. The third-order valence-corrected chi connectivity index (χ3v) is 9.09. The number of ether oxygens (including phenoxy) is 1. The molecule has 0 N–H and O–H groups in total. The lowest BCUT2D eigenvalue weighted by Crippen LogP contribution is -2.51. The average Bonchev–Trinajstić information content (AvgIpc) is 2.78. The lowest BCUT2D eigenvalue weighted by molar-refractivity contribution is -0.0618. The standard InChI is InChI=1S/C15H24I2O/c1-11-4-7-14(9-16)12(8-11)18-15(10-17)6-3-5-13(14,15)2/h11-12H,3-10H2,1-2H3/t11-,12-,13-,14-,15+/m0/s1. The predicted octanol–water partition coefficient (Wildman–Crippen LogP) is 4.99. The van der Waals surface area contributed by atoms with E-state index in [0.717, 1.165) is 5.92 Å². The molecule has 5 atom stereocenters. The zero-order valence-corrected chi connectivity index (χ0v) is 15.8. The summed E-state index contributed by atoms with van der Waals surface area (Å²) in [4.78, 5) is 0. The molecule has 0 aromatic rings. The van der Waals surface area contributed by atoms with Gasteiger partial charge in [-0.25, -0.2) is 0 Å². The van der Waals surface area contributed by atoms with Crippen molar-refractivity contribution in [3.05, 3.63) is 0 Å². The van der Waals surface area contributed by atoms with E-state index < -0.39 is 0 Å². The van der Waals surface area contributed by atoms with Crippen molar-refractivity contribution in [1.82, 2.24) is 0 Å². The first-order chi connectivity index (χ1) is 8.53. The van der Waals surface area contributed by atoms with Crippen LogP contribution in [-0.2, 0) is 4.74 Å². The molecule has 3 rings (SSSR count). The van der Waals surface area contributed by atoms with Crippen LogP contribution in [0.3, 0.4) is 0 Å². The van der Waals surface area contributed by atoms with Gasteiger partial charge < -0.3 is 4.74 Å². The second kappa shape index (κ2) is 4.72. The van der Waals surface area contributed by atoms with Crippen molar-refractivity contribution in [3.63, 3.8) is 0 Å². The Bertz CT molecular complexity index is 347. The van der Waals surface area contributed by atoms with Crippen LogP contribution in [0, 0.1) is 16.7 Å². The van der Waals surface area contributed by atoms with E-state index in [9.17, 15) is 0 Å². The average molecular weight is 474 g/mol. The SMILES string of the molecule is C[C@H]1CC[C@]2(CI)[C@H](C1)O[C@@]1(CI)CCC[C@]12C. The Kier molecular flexibility index (Phi) is 3.76. The predicted molar refractivity (Wildman–Crippen MR) is 92.8 cm³/mol. The lowest BCUT2D eigenvalue weighted by atomic mass is 9.54. The quantitative estimate of drug-likeness (QED) is 0.405. The summed E-state index contributed by atoms with van der Waals surface area (Å²) in [6.07, 6.45) is 8.72. The van der Waals surface area contributed by atoms with Crippen molar-refractivity contribution in [2.24, 2.45) is 16.7 Å². The number of hydrogen-bond acceptors (Lipinski definition) is 1. The molecule has 0 radical (unpaired) electrons. The highest BCUT2D eigenvalue weighted by Gasteiger charge is 2.71. The molecule has 2 saturated carbocycles. The number of alkyl halides is 2. The zero-order valence-electron chi connectivity index (χ0n) is 11.5. The molecule has 0 unspecified atom stereocenters. The Balaban J connectivity index is 2.05. The van der Waals surface area contributed by atoms with Crippen molar-refractivity contribution in [1.29, 1.82) is 0 Å². The molecule has 1 nitrogen and oxygen atoms in total. The molecule has 0 aromatic carbocycles. The number of rotatable bonds is 2. The largest absolute Gasteiger partial charge is 0.370 e. The van der Waals surface area contributed by atoms with Gasteiger partial charge in [-0.3, -0.25) is 0 Å². The summed E-state index contributed by atoms with van der Waals surface area (Å²) in [5, 5.41) is 0. The summed E-state index contributed by atoms with van der Waals surface area (Å²) in [5.74, 6) is 0.861. The molecular weight excluding hydrogens is 450 g/mol. The Labute approximate surface area is 138 Å². The minimum absolute atomic E-state index is 0.202.